The number of rotatable bonds is 4. The first kappa shape index (κ1) is 14.2. The van der Waals surface area contributed by atoms with E-state index in [4.69, 9.17) is 23.2 Å². The van der Waals surface area contributed by atoms with Crippen LogP contribution in [0, 0.1) is 6.92 Å². The van der Waals surface area contributed by atoms with Crippen molar-refractivity contribution in [2.45, 2.75) is 13.0 Å². The Hall–Kier alpha value is -1.22. The number of nitrogens with one attached hydrogen (secondary N) is 1. The number of halogens is 2. The summed E-state index contributed by atoms with van der Waals surface area (Å²) in [5.41, 5.74) is 2.97. The van der Waals surface area contributed by atoms with Crippen LogP contribution in [0.15, 0.2) is 42.5 Å². The number of anilines is 1. The second kappa shape index (κ2) is 6.29. The van der Waals surface area contributed by atoms with Crippen LogP contribution in [0.4, 0.5) is 5.69 Å². The Balaban J connectivity index is 2.24. The van der Waals surface area contributed by atoms with E-state index in [-0.39, 0.29) is 12.6 Å². The highest BCUT2D eigenvalue weighted by Gasteiger charge is 2.12. The summed E-state index contributed by atoms with van der Waals surface area (Å²) in [5.74, 6) is 0. The Morgan fingerprint density at radius 2 is 1.79 bits per heavy atom. The molecule has 1 atom stereocenters. The van der Waals surface area contributed by atoms with Crippen LogP contribution in [0.25, 0.3) is 0 Å². The van der Waals surface area contributed by atoms with Crippen LogP contribution < -0.4 is 5.32 Å². The van der Waals surface area contributed by atoms with E-state index in [1.807, 2.05) is 31.2 Å². The molecule has 0 aromatic heterocycles. The molecular weight excluding hydrogens is 281 g/mol. The highest BCUT2D eigenvalue weighted by atomic mass is 35.5. The SMILES string of the molecule is Cc1cccc(NC(CO)c2cc(Cl)cc(Cl)c2)c1. The van der Waals surface area contributed by atoms with Crippen molar-refractivity contribution >= 4 is 28.9 Å². The number of aliphatic hydroxyl groups is 1. The largest absolute Gasteiger partial charge is 0.394 e. The molecule has 0 saturated carbocycles. The van der Waals surface area contributed by atoms with Gasteiger partial charge in [-0.3, -0.25) is 0 Å². The minimum Gasteiger partial charge on any atom is -0.394 e. The van der Waals surface area contributed by atoms with E-state index in [1.165, 1.54) is 0 Å². The van der Waals surface area contributed by atoms with Crippen molar-refractivity contribution in [1.82, 2.24) is 0 Å². The molecular formula is C15H15Cl2NO. The Kier molecular flexibility index (Phi) is 4.70. The maximum atomic E-state index is 9.54. The molecule has 1 unspecified atom stereocenters. The van der Waals surface area contributed by atoms with Gasteiger partial charge in [0.05, 0.1) is 12.6 Å². The predicted molar refractivity (Wildman–Crippen MR) is 81.1 cm³/mol. The van der Waals surface area contributed by atoms with E-state index in [0.717, 1.165) is 16.8 Å². The second-order valence-electron chi connectivity index (χ2n) is 4.45. The summed E-state index contributed by atoms with van der Waals surface area (Å²) in [5, 5.41) is 13.9. The van der Waals surface area contributed by atoms with Gasteiger partial charge < -0.3 is 10.4 Å². The third kappa shape index (κ3) is 3.87. The Morgan fingerprint density at radius 3 is 2.37 bits per heavy atom. The van der Waals surface area contributed by atoms with Crippen LogP contribution in [0.2, 0.25) is 10.0 Å². The average molecular weight is 296 g/mol. The van der Waals surface area contributed by atoms with Crippen LogP contribution >= 0.6 is 23.2 Å². The molecule has 4 heteroatoms. The lowest BCUT2D eigenvalue weighted by Gasteiger charge is -2.19. The van der Waals surface area contributed by atoms with Crippen LogP contribution in [-0.2, 0) is 0 Å². The smallest absolute Gasteiger partial charge is 0.0746 e. The third-order valence-corrected chi connectivity index (χ3v) is 3.27. The van der Waals surface area contributed by atoms with Gasteiger partial charge in [0.1, 0.15) is 0 Å². The van der Waals surface area contributed by atoms with E-state index in [2.05, 4.69) is 5.32 Å². The molecule has 2 aromatic carbocycles. The van der Waals surface area contributed by atoms with Crippen molar-refractivity contribution in [1.29, 1.82) is 0 Å². The highest BCUT2D eigenvalue weighted by Crippen LogP contribution is 2.26. The number of hydrogen-bond donors (Lipinski definition) is 2. The first-order valence-electron chi connectivity index (χ1n) is 5.98. The minimum absolute atomic E-state index is 0.0371. The molecule has 0 saturated heterocycles. The summed E-state index contributed by atoms with van der Waals surface area (Å²) >= 11 is 12.0. The second-order valence-corrected chi connectivity index (χ2v) is 5.32. The van der Waals surface area contributed by atoms with E-state index < -0.39 is 0 Å². The zero-order valence-corrected chi connectivity index (χ0v) is 12.0. The lowest BCUT2D eigenvalue weighted by Crippen LogP contribution is -2.14. The van der Waals surface area contributed by atoms with Gasteiger partial charge in [-0.1, -0.05) is 35.3 Å². The van der Waals surface area contributed by atoms with E-state index >= 15 is 0 Å². The zero-order valence-electron chi connectivity index (χ0n) is 10.5. The van der Waals surface area contributed by atoms with Gasteiger partial charge in [-0.05, 0) is 48.4 Å². The number of aliphatic hydroxyl groups excluding tert-OH is 1. The molecule has 19 heavy (non-hydrogen) atoms. The molecule has 2 N–H and O–H groups in total. The molecule has 0 aliphatic carbocycles. The fraction of sp³-hybridized carbons (Fsp3) is 0.200. The molecule has 2 nitrogen and oxygen atoms in total. The van der Waals surface area contributed by atoms with Gasteiger partial charge in [0, 0.05) is 15.7 Å². The maximum Gasteiger partial charge on any atom is 0.0746 e. The number of aryl methyl sites for hydroxylation is 1. The van der Waals surface area contributed by atoms with Crippen LogP contribution in [0.1, 0.15) is 17.2 Å². The summed E-state index contributed by atoms with van der Waals surface area (Å²) in [4.78, 5) is 0. The van der Waals surface area contributed by atoms with Gasteiger partial charge in [-0.25, -0.2) is 0 Å². The highest BCUT2D eigenvalue weighted by molar-refractivity contribution is 6.34. The van der Waals surface area contributed by atoms with Crippen molar-refractivity contribution in [3.8, 4) is 0 Å². The topological polar surface area (TPSA) is 32.3 Å². The molecule has 2 aromatic rings. The Labute approximate surface area is 123 Å². The zero-order chi connectivity index (χ0) is 13.8. The van der Waals surface area contributed by atoms with Crippen molar-refractivity contribution < 1.29 is 5.11 Å². The molecule has 0 fully saturated rings. The quantitative estimate of drug-likeness (QED) is 0.873. The fourth-order valence-corrected chi connectivity index (χ4v) is 2.49. The molecule has 0 heterocycles. The molecule has 0 radical (unpaired) electrons. The maximum absolute atomic E-state index is 9.54. The molecule has 2 rings (SSSR count). The van der Waals surface area contributed by atoms with E-state index in [9.17, 15) is 5.11 Å². The summed E-state index contributed by atoms with van der Waals surface area (Å²) in [7, 11) is 0. The van der Waals surface area contributed by atoms with Crippen LogP contribution in [-0.4, -0.2) is 11.7 Å². The molecule has 0 spiro atoms. The minimum atomic E-state index is -0.238. The van der Waals surface area contributed by atoms with Crippen molar-refractivity contribution in [3.63, 3.8) is 0 Å². The van der Waals surface area contributed by atoms with Gasteiger partial charge in [0.2, 0.25) is 0 Å². The number of benzene rings is 2. The molecule has 0 aliphatic heterocycles. The Morgan fingerprint density at radius 1 is 1.11 bits per heavy atom. The van der Waals surface area contributed by atoms with Crippen LogP contribution in [0.5, 0.6) is 0 Å². The lowest BCUT2D eigenvalue weighted by molar-refractivity contribution is 0.276. The van der Waals surface area contributed by atoms with Gasteiger partial charge in [-0.15, -0.1) is 0 Å². The lowest BCUT2D eigenvalue weighted by atomic mass is 10.1. The normalized spacial score (nSPS) is 12.2. The van der Waals surface area contributed by atoms with Crippen molar-refractivity contribution in [2.24, 2.45) is 0 Å². The van der Waals surface area contributed by atoms with E-state index in [0.29, 0.717) is 10.0 Å². The Bertz CT molecular complexity index is 552. The molecule has 0 amide bonds. The predicted octanol–water partition coefficient (Wildman–Crippen LogP) is 4.45. The van der Waals surface area contributed by atoms with Gasteiger partial charge in [0.15, 0.2) is 0 Å². The standard InChI is InChI=1S/C15H15Cl2NO/c1-10-3-2-4-14(5-10)18-15(9-19)11-6-12(16)8-13(17)7-11/h2-8,15,18-19H,9H2,1H3. The average Bonchev–Trinajstić information content (AvgIpc) is 2.34. The molecule has 100 valence electrons. The van der Waals surface area contributed by atoms with Crippen molar-refractivity contribution in [3.05, 3.63) is 63.6 Å². The third-order valence-electron chi connectivity index (χ3n) is 2.83. The van der Waals surface area contributed by atoms with Crippen molar-refractivity contribution in [2.75, 3.05) is 11.9 Å². The summed E-state index contributed by atoms with van der Waals surface area (Å²) in [6.45, 7) is 1.99. The first-order chi connectivity index (χ1) is 9.08. The van der Waals surface area contributed by atoms with Crippen LogP contribution in [0.3, 0.4) is 0 Å². The van der Waals surface area contributed by atoms with Gasteiger partial charge >= 0.3 is 0 Å². The summed E-state index contributed by atoms with van der Waals surface area (Å²) < 4.78 is 0. The summed E-state index contributed by atoms with van der Waals surface area (Å²) in [6, 6.07) is 13.0. The number of hydrogen-bond acceptors (Lipinski definition) is 2. The molecule has 0 bridgehead atoms. The summed E-state index contributed by atoms with van der Waals surface area (Å²) in [6.07, 6.45) is 0. The monoisotopic (exact) mass is 295 g/mol. The van der Waals surface area contributed by atoms with E-state index in [1.54, 1.807) is 18.2 Å². The van der Waals surface area contributed by atoms with Gasteiger partial charge in [0.25, 0.3) is 0 Å². The van der Waals surface area contributed by atoms with Gasteiger partial charge in [-0.2, -0.15) is 0 Å². The first-order valence-corrected chi connectivity index (χ1v) is 6.74. The fourth-order valence-electron chi connectivity index (χ4n) is 1.95. The molecule has 0 aliphatic rings.